The van der Waals surface area contributed by atoms with Gasteiger partial charge in [-0.1, -0.05) is 15.9 Å². The van der Waals surface area contributed by atoms with Crippen LogP contribution in [0.4, 0.5) is 13.2 Å². The smallest absolute Gasteiger partial charge is 0.381 e. The summed E-state index contributed by atoms with van der Waals surface area (Å²) in [6.07, 6.45) is -2.40. The second-order valence-corrected chi connectivity index (χ2v) is 5.59. The van der Waals surface area contributed by atoms with E-state index in [1.165, 1.54) is 11.8 Å². The van der Waals surface area contributed by atoms with Gasteiger partial charge in [-0.05, 0) is 12.8 Å². The minimum Gasteiger partial charge on any atom is -0.381 e. The molecule has 14 heavy (non-hydrogen) atoms. The first-order valence-corrected chi connectivity index (χ1v) is 6.36. The van der Waals surface area contributed by atoms with Crippen LogP contribution in [0.25, 0.3) is 0 Å². The van der Waals surface area contributed by atoms with Gasteiger partial charge in [0.2, 0.25) is 0 Å². The van der Waals surface area contributed by atoms with Gasteiger partial charge in [-0.2, -0.15) is 24.9 Å². The summed E-state index contributed by atoms with van der Waals surface area (Å²) in [5.41, 5.74) is 0. The molecule has 0 saturated carbocycles. The highest BCUT2D eigenvalue weighted by molar-refractivity contribution is 9.09. The predicted octanol–water partition coefficient (Wildman–Crippen LogP) is 3.22. The van der Waals surface area contributed by atoms with E-state index in [-0.39, 0.29) is 5.75 Å². The molecule has 1 heterocycles. The molecule has 1 nitrogen and oxygen atoms in total. The van der Waals surface area contributed by atoms with Gasteiger partial charge in [-0.3, -0.25) is 0 Å². The summed E-state index contributed by atoms with van der Waals surface area (Å²) in [4.78, 5) is -1.39. The Morgan fingerprint density at radius 2 is 1.93 bits per heavy atom. The van der Waals surface area contributed by atoms with E-state index in [0.29, 0.717) is 18.5 Å². The van der Waals surface area contributed by atoms with Gasteiger partial charge in [0.1, 0.15) is 4.83 Å². The molecule has 1 fully saturated rings. The summed E-state index contributed by atoms with van der Waals surface area (Å²) in [5, 5.41) is 0.325. The molecular weight excluding hydrogens is 281 g/mol. The third kappa shape index (κ3) is 4.40. The molecule has 0 spiro atoms. The largest absolute Gasteiger partial charge is 0.402 e. The minimum absolute atomic E-state index is 0.0914. The summed E-state index contributed by atoms with van der Waals surface area (Å²) < 4.78 is 41.5. The lowest BCUT2D eigenvalue weighted by molar-refractivity contribution is -0.122. The Labute approximate surface area is 93.9 Å². The second-order valence-electron chi connectivity index (χ2n) is 3.15. The zero-order valence-corrected chi connectivity index (χ0v) is 9.92. The normalized spacial score (nSPS) is 22.3. The molecule has 0 aromatic carbocycles. The van der Waals surface area contributed by atoms with Gasteiger partial charge >= 0.3 is 6.18 Å². The van der Waals surface area contributed by atoms with Gasteiger partial charge in [-0.25, -0.2) is 0 Å². The molecule has 1 aliphatic rings. The van der Waals surface area contributed by atoms with E-state index in [2.05, 4.69) is 15.9 Å². The Balaban J connectivity index is 2.19. The second kappa shape index (κ2) is 5.61. The zero-order chi connectivity index (χ0) is 10.6. The van der Waals surface area contributed by atoms with Crippen molar-refractivity contribution in [2.45, 2.75) is 29.1 Å². The van der Waals surface area contributed by atoms with Crippen molar-refractivity contribution in [1.82, 2.24) is 0 Å². The summed E-state index contributed by atoms with van der Waals surface area (Å²) >= 11 is 4.03. The molecule has 0 aromatic rings. The Morgan fingerprint density at radius 1 is 1.36 bits per heavy atom. The van der Waals surface area contributed by atoms with Gasteiger partial charge in [0.05, 0.1) is 0 Å². The highest BCUT2D eigenvalue weighted by Crippen LogP contribution is 2.32. The van der Waals surface area contributed by atoms with E-state index in [1.807, 2.05) is 0 Å². The summed E-state index contributed by atoms with van der Waals surface area (Å²) in [6, 6.07) is 0. The van der Waals surface area contributed by atoms with Crippen LogP contribution >= 0.6 is 27.7 Å². The van der Waals surface area contributed by atoms with E-state index in [4.69, 9.17) is 4.74 Å². The molecule has 1 atom stereocenters. The van der Waals surface area contributed by atoms with Crippen LogP contribution in [0.1, 0.15) is 12.8 Å². The molecule has 0 N–H and O–H groups in total. The Bertz CT molecular complexity index is 170. The number of hydrogen-bond acceptors (Lipinski definition) is 2. The average Bonchev–Trinajstić information content (AvgIpc) is 2.14. The van der Waals surface area contributed by atoms with E-state index < -0.39 is 11.0 Å². The summed E-state index contributed by atoms with van der Waals surface area (Å²) in [6.45, 7) is 1.35. The maximum absolute atomic E-state index is 12.1. The quantitative estimate of drug-likeness (QED) is 0.739. The zero-order valence-electron chi connectivity index (χ0n) is 7.52. The van der Waals surface area contributed by atoms with Crippen molar-refractivity contribution in [3.63, 3.8) is 0 Å². The fourth-order valence-electron chi connectivity index (χ4n) is 1.16. The van der Waals surface area contributed by atoms with E-state index in [0.717, 1.165) is 12.8 Å². The van der Waals surface area contributed by atoms with Gasteiger partial charge in [0, 0.05) is 24.2 Å². The Morgan fingerprint density at radius 3 is 2.43 bits per heavy atom. The van der Waals surface area contributed by atoms with E-state index in [9.17, 15) is 13.2 Å². The first-order chi connectivity index (χ1) is 6.50. The summed E-state index contributed by atoms with van der Waals surface area (Å²) in [5.74, 6) is 0.0914. The number of halogens is 4. The van der Waals surface area contributed by atoms with Crippen LogP contribution in [-0.2, 0) is 4.74 Å². The van der Waals surface area contributed by atoms with Crippen LogP contribution in [0, 0.1) is 0 Å². The lowest BCUT2D eigenvalue weighted by Crippen LogP contribution is -2.27. The Kier molecular flexibility index (Phi) is 5.06. The third-order valence-electron chi connectivity index (χ3n) is 2.00. The molecule has 84 valence electrons. The van der Waals surface area contributed by atoms with Crippen LogP contribution in [0.3, 0.4) is 0 Å². The van der Waals surface area contributed by atoms with Crippen LogP contribution in [0.2, 0.25) is 0 Å². The van der Waals surface area contributed by atoms with Crippen molar-refractivity contribution in [2.75, 3.05) is 19.0 Å². The maximum Gasteiger partial charge on any atom is 0.402 e. The first kappa shape index (κ1) is 12.6. The minimum atomic E-state index is -4.13. The molecule has 0 aromatic heterocycles. The SMILES string of the molecule is FC(F)(F)C(Br)CSC1CCOCC1. The van der Waals surface area contributed by atoms with Crippen molar-refractivity contribution >= 4 is 27.7 Å². The fourth-order valence-corrected chi connectivity index (χ4v) is 2.77. The average molecular weight is 293 g/mol. The Hall–Kier alpha value is 0.580. The van der Waals surface area contributed by atoms with Crippen molar-refractivity contribution in [3.8, 4) is 0 Å². The highest BCUT2D eigenvalue weighted by atomic mass is 79.9. The lowest BCUT2D eigenvalue weighted by atomic mass is 10.2. The van der Waals surface area contributed by atoms with Crippen molar-refractivity contribution in [2.24, 2.45) is 0 Å². The monoisotopic (exact) mass is 292 g/mol. The molecule has 1 rings (SSSR count). The number of rotatable bonds is 3. The molecule has 0 radical (unpaired) electrons. The molecule has 1 saturated heterocycles. The molecule has 0 amide bonds. The lowest BCUT2D eigenvalue weighted by Gasteiger charge is -2.23. The van der Waals surface area contributed by atoms with Gasteiger partial charge in [0.15, 0.2) is 0 Å². The van der Waals surface area contributed by atoms with Crippen molar-refractivity contribution in [1.29, 1.82) is 0 Å². The van der Waals surface area contributed by atoms with Crippen LogP contribution in [-0.4, -0.2) is 35.2 Å². The number of ether oxygens (including phenoxy) is 1. The van der Waals surface area contributed by atoms with Crippen LogP contribution in [0.15, 0.2) is 0 Å². The molecule has 1 unspecified atom stereocenters. The van der Waals surface area contributed by atoms with E-state index >= 15 is 0 Å². The third-order valence-corrected chi connectivity index (χ3v) is 4.74. The van der Waals surface area contributed by atoms with Gasteiger partial charge in [0.25, 0.3) is 0 Å². The number of thioether (sulfide) groups is 1. The molecular formula is C8H12BrF3OS. The fraction of sp³-hybridized carbons (Fsp3) is 1.00. The molecule has 0 aliphatic carbocycles. The predicted molar refractivity (Wildman–Crippen MR) is 55.1 cm³/mol. The highest BCUT2D eigenvalue weighted by Gasteiger charge is 2.37. The summed E-state index contributed by atoms with van der Waals surface area (Å²) in [7, 11) is 0. The molecule has 1 aliphatic heterocycles. The molecule has 0 bridgehead atoms. The number of hydrogen-bond donors (Lipinski definition) is 0. The van der Waals surface area contributed by atoms with Gasteiger partial charge in [-0.15, -0.1) is 0 Å². The van der Waals surface area contributed by atoms with Crippen molar-refractivity contribution < 1.29 is 17.9 Å². The van der Waals surface area contributed by atoms with Crippen LogP contribution in [0.5, 0.6) is 0 Å². The standard InChI is InChI=1S/C8H12BrF3OS/c9-7(8(10,11)12)5-14-6-1-3-13-4-2-6/h6-7H,1-5H2. The topological polar surface area (TPSA) is 9.23 Å². The first-order valence-electron chi connectivity index (χ1n) is 4.40. The molecule has 6 heteroatoms. The maximum atomic E-state index is 12.1. The van der Waals surface area contributed by atoms with Crippen molar-refractivity contribution in [3.05, 3.63) is 0 Å². The number of alkyl halides is 4. The van der Waals surface area contributed by atoms with Gasteiger partial charge < -0.3 is 4.74 Å². The van der Waals surface area contributed by atoms with Crippen LogP contribution < -0.4 is 0 Å². The van der Waals surface area contributed by atoms with E-state index in [1.54, 1.807) is 0 Å².